The van der Waals surface area contributed by atoms with Crippen molar-refractivity contribution in [2.45, 2.75) is 24.3 Å². The largest absolute Gasteiger partial charge is 0.481 e. The Balaban J connectivity index is 1.74. The van der Waals surface area contributed by atoms with Gasteiger partial charge in [0.1, 0.15) is 5.82 Å². The topological polar surface area (TPSA) is 212 Å². The summed E-state index contributed by atoms with van der Waals surface area (Å²) in [4.78, 5) is 38.8. The first-order valence-corrected chi connectivity index (χ1v) is 11.3. The third kappa shape index (κ3) is 5.77. The van der Waals surface area contributed by atoms with Crippen LogP contribution in [0.1, 0.15) is 22.3 Å². The number of nitrogen functional groups attached to an aromatic ring is 1. The fourth-order valence-corrected chi connectivity index (χ4v) is 3.96. The number of carbonyl (C=O) groups excluding carboxylic acids is 2. The molecule has 13 nitrogen and oxygen atoms in total. The molecule has 1 aromatic heterocycles. The number of halogens is 1. The smallest absolute Gasteiger partial charge is 0.305 e. The van der Waals surface area contributed by atoms with Crippen LogP contribution in [0, 0.1) is 12.7 Å². The highest BCUT2D eigenvalue weighted by atomic mass is 32.2. The minimum atomic E-state index is -4.32. The number of benzene rings is 2. The number of carboxylic acid groups (broad SMARTS) is 1. The van der Waals surface area contributed by atoms with Crippen molar-refractivity contribution in [3.8, 4) is 0 Å². The summed E-state index contributed by atoms with van der Waals surface area (Å²) in [6.45, 7) is 1.56. The third-order valence-corrected chi connectivity index (χ3v) is 6.01. The number of hydrogen-bond donors (Lipinski definition) is 5. The van der Waals surface area contributed by atoms with Crippen LogP contribution in [0.5, 0.6) is 0 Å². The normalized spacial score (nSPS) is 12.1. The number of aromatic nitrogens is 3. The van der Waals surface area contributed by atoms with E-state index in [-0.39, 0.29) is 22.4 Å². The Morgan fingerprint density at radius 2 is 1.83 bits per heavy atom. The number of sulfonamides is 1. The highest BCUT2D eigenvalue weighted by Gasteiger charge is 2.24. The second kappa shape index (κ2) is 9.86. The van der Waals surface area contributed by atoms with E-state index in [2.05, 4.69) is 15.4 Å². The number of aryl methyl sites for hydroxylation is 1. The van der Waals surface area contributed by atoms with Crippen LogP contribution in [0.25, 0.3) is 0 Å². The molecule has 0 bridgehead atoms. The lowest BCUT2D eigenvalue weighted by Crippen LogP contribution is -2.44. The van der Waals surface area contributed by atoms with Gasteiger partial charge >= 0.3 is 5.97 Å². The molecule has 0 fully saturated rings. The molecule has 0 saturated carbocycles. The van der Waals surface area contributed by atoms with Gasteiger partial charge in [0.2, 0.25) is 11.9 Å². The fourth-order valence-electron chi connectivity index (χ4n) is 2.93. The summed E-state index contributed by atoms with van der Waals surface area (Å²) in [6.07, 6.45) is -0.744. The van der Waals surface area contributed by atoms with Crippen molar-refractivity contribution in [1.82, 2.24) is 19.5 Å². The lowest BCUT2D eigenvalue weighted by atomic mass is 10.1. The highest BCUT2D eigenvalue weighted by Crippen LogP contribution is 2.20. The predicted molar refractivity (Wildman–Crippen MR) is 121 cm³/mol. The molecule has 184 valence electrons. The van der Waals surface area contributed by atoms with Crippen molar-refractivity contribution in [1.29, 1.82) is 0 Å². The number of rotatable bonds is 8. The number of anilines is 3. The maximum absolute atomic E-state index is 14.1. The second-order valence-corrected chi connectivity index (χ2v) is 8.95. The minimum absolute atomic E-state index is 0.117. The summed E-state index contributed by atoms with van der Waals surface area (Å²) >= 11 is 0. The zero-order valence-corrected chi connectivity index (χ0v) is 18.9. The van der Waals surface area contributed by atoms with Crippen LogP contribution in [0.3, 0.4) is 0 Å². The summed E-state index contributed by atoms with van der Waals surface area (Å²) in [5, 5.41) is 15.3. The molecule has 0 spiro atoms. The molecular weight excluding hydrogens is 485 g/mol. The van der Waals surface area contributed by atoms with Crippen LogP contribution >= 0.6 is 0 Å². The van der Waals surface area contributed by atoms with Crippen LogP contribution in [0.15, 0.2) is 47.4 Å². The van der Waals surface area contributed by atoms with Crippen molar-refractivity contribution in [2.24, 2.45) is 5.73 Å². The fraction of sp³-hybridized carbons (Fsp3) is 0.150. The number of nitrogens with one attached hydrogen (secondary N) is 2. The van der Waals surface area contributed by atoms with E-state index >= 15 is 0 Å². The van der Waals surface area contributed by atoms with E-state index in [1.807, 2.05) is 0 Å². The molecule has 1 heterocycles. The molecule has 2 aromatic carbocycles. The van der Waals surface area contributed by atoms with Crippen molar-refractivity contribution < 1.29 is 32.3 Å². The van der Waals surface area contributed by atoms with Gasteiger partial charge in [0.25, 0.3) is 21.8 Å². The Kier molecular flexibility index (Phi) is 7.12. The summed E-state index contributed by atoms with van der Waals surface area (Å²) in [6, 6.07) is 7.52. The monoisotopic (exact) mass is 505 g/mol. The number of nitrogens with two attached hydrogens (primary N) is 2. The summed E-state index contributed by atoms with van der Waals surface area (Å²) in [7, 11) is -4.32. The van der Waals surface area contributed by atoms with Gasteiger partial charge in [-0.1, -0.05) is 12.1 Å². The van der Waals surface area contributed by atoms with Gasteiger partial charge in [-0.05, 0) is 42.8 Å². The van der Waals surface area contributed by atoms with Crippen LogP contribution in [-0.4, -0.2) is 52.1 Å². The molecule has 7 N–H and O–H groups in total. The van der Waals surface area contributed by atoms with E-state index in [9.17, 15) is 27.2 Å². The molecule has 1 amide bonds. The first-order valence-electron chi connectivity index (χ1n) is 9.82. The van der Waals surface area contributed by atoms with Crippen LogP contribution in [0.4, 0.5) is 22.0 Å². The summed E-state index contributed by atoms with van der Waals surface area (Å²) < 4.78 is 41.3. The Bertz CT molecular complexity index is 1390. The highest BCUT2D eigenvalue weighted by molar-refractivity contribution is 7.90. The average molecular weight is 505 g/mol. The van der Waals surface area contributed by atoms with Crippen molar-refractivity contribution in [3.63, 3.8) is 0 Å². The summed E-state index contributed by atoms with van der Waals surface area (Å²) in [5.41, 5.74) is 11.6. The molecule has 0 radical (unpaired) electrons. The maximum Gasteiger partial charge on any atom is 0.305 e. The van der Waals surface area contributed by atoms with Crippen molar-refractivity contribution >= 4 is 45.4 Å². The van der Waals surface area contributed by atoms with Crippen molar-refractivity contribution in [2.75, 3.05) is 11.1 Å². The van der Waals surface area contributed by atoms with Gasteiger partial charge in [0.15, 0.2) is 0 Å². The van der Waals surface area contributed by atoms with E-state index < -0.39 is 46.1 Å². The third-order valence-electron chi connectivity index (χ3n) is 4.65. The van der Waals surface area contributed by atoms with E-state index in [4.69, 9.17) is 16.6 Å². The van der Waals surface area contributed by atoms with Gasteiger partial charge in [-0.15, -0.1) is 5.10 Å². The Labute approximate surface area is 198 Å². The zero-order valence-electron chi connectivity index (χ0n) is 18.1. The Hall–Kier alpha value is -4.37. The van der Waals surface area contributed by atoms with Gasteiger partial charge in [-0.2, -0.15) is 9.67 Å². The van der Waals surface area contributed by atoms with E-state index in [0.717, 1.165) is 22.9 Å². The molecule has 15 heteroatoms. The maximum atomic E-state index is 14.1. The zero-order chi connectivity index (χ0) is 25.9. The molecule has 0 saturated heterocycles. The van der Waals surface area contributed by atoms with Gasteiger partial charge < -0.3 is 21.9 Å². The van der Waals surface area contributed by atoms with E-state index in [0.29, 0.717) is 11.3 Å². The molecule has 0 aliphatic rings. The number of carboxylic acids is 1. The molecule has 35 heavy (non-hydrogen) atoms. The number of hydrogen-bond acceptors (Lipinski definition) is 10. The van der Waals surface area contributed by atoms with E-state index in [1.54, 1.807) is 17.7 Å². The lowest BCUT2D eigenvalue weighted by molar-refractivity contribution is -0.139. The number of aliphatic carboxylic acids is 1. The average Bonchev–Trinajstić information content (AvgIpc) is 3.13. The first-order chi connectivity index (χ1) is 16.4. The summed E-state index contributed by atoms with van der Waals surface area (Å²) in [5.74, 6) is -4.52. The molecule has 0 aliphatic carbocycles. The molecular formula is C20H20FN7O6S. The SMILES string of the molecule is Cc1cccc(F)c1C(=O)n1nc(Nc2ccc(S(=O)(=O)NC(=O)[C@@H](N)CC(=O)O)cc2)nc1N. The number of nitrogens with zero attached hydrogens (tertiary/aromatic N) is 3. The van der Waals surface area contributed by atoms with Crippen LogP contribution in [0.2, 0.25) is 0 Å². The number of carbonyl (C=O) groups is 3. The molecule has 3 aromatic rings. The van der Waals surface area contributed by atoms with Crippen LogP contribution < -0.4 is 21.5 Å². The number of amides is 1. The minimum Gasteiger partial charge on any atom is -0.481 e. The molecule has 0 unspecified atom stereocenters. The first kappa shape index (κ1) is 25.3. The lowest BCUT2D eigenvalue weighted by Gasteiger charge is -2.11. The predicted octanol–water partition coefficient (Wildman–Crippen LogP) is 0.347. The van der Waals surface area contributed by atoms with Gasteiger partial charge in [0, 0.05) is 5.69 Å². The van der Waals surface area contributed by atoms with Gasteiger partial charge in [-0.25, -0.2) is 17.5 Å². The van der Waals surface area contributed by atoms with Crippen LogP contribution in [-0.2, 0) is 19.6 Å². The molecule has 0 aliphatic heterocycles. The van der Waals surface area contributed by atoms with E-state index in [1.165, 1.54) is 18.2 Å². The van der Waals surface area contributed by atoms with Crippen molar-refractivity contribution in [3.05, 3.63) is 59.4 Å². The molecule has 3 rings (SSSR count). The van der Waals surface area contributed by atoms with Gasteiger partial charge in [-0.3, -0.25) is 14.4 Å². The Morgan fingerprint density at radius 1 is 1.17 bits per heavy atom. The second-order valence-electron chi connectivity index (χ2n) is 7.27. The quantitative estimate of drug-likeness (QED) is 0.282. The van der Waals surface area contributed by atoms with Gasteiger partial charge in [0.05, 0.1) is 22.9 Å². The molecule has 1 atom stereocenters. The standard InChI is InChI=1S/C20H20FN7O6S/c1-10-3-2-4-13(21)16(10)18(32)28-19(23)25-20(26-28)24-11-5-7-12(8-6-11)35(33,34)27-17(31)14(22)9-15(29)30/h2-8,14H,9,22H2,1H3,(H,27,31)(H,29,30)(H3,23,24,25,26)/t14-/m0/s1. The Morgan fingerprint density at radius 3 is 2.43 bits per heavy atom.